The molecule has 0 saturated heterocycles. The minimum Gasteiger partial charge on any atom is -0.476 e. The highest BCUT2D eigenvalue weighted by atomic mass is 16.5. The molecule has 1 amide bonds. The summed E-state index contributed by atoms with van der Waals surface area (Å²) in [6.45, 7) is 16.6. The molecule has 0 radical (unpaired) electrons. The molecule has 0 atom stereocenters. The molecule has 0 spiro atoms. The molecule has 0 aliphatic rings. The summed E-state index contributed by atoms with van der Waals surface area (Å²) in [5, 5.41) is 21.6. The van der Waals surface area contributed by atoms with Crippen molar-refractivity contribution in [2.75, 3.05) is 11.9 Å². The number of amides is 1. The quantitative estimate of drug-likeness (QED) is 0.435. The fourth-order valence-corrected chi connectivity index (χ4v) is 2.72. The number of fused-ring (bicyclic) bond motifs is 1. The van der Waals surface area contributed by atoms with Crippen LogP contribution in [0.4, 0.5) is 23.0 Å². The Balaban J connectivity index is 2.12. The average Bonchev–Trinajstić information content (AvgIpc) is 3.23. The Morgan fingerprint density at radius 1 is 1.40 bits per heavy atom. The highest BCUT2D eigenvalue weighted by molar-refractivity contribution is 5.88. The van der Waals surface area contributed by atoms with Crippen LogP contribution < -0.4 is 15.6 Å². The largest absolute Gasteiger partial charge is 0.476 e. The second-order valence-electron chi connectivity index (χ2n) is 7.38. The number of hydrogen-bond donors (Lipinski definition) is 3. The van der Waals surface area contributed by atoms with E-state index in [1.54, 1.807) is 6.92 Å². The van der Waals surface area contributed by atoms with Crippen LogP contribution in [0.1, 0.15) is 40.3 Å². The zero-order valence-electron chi connectivity index (χ0n) is 17.2. The minimum atomic E-state index is -0.570. The van der Waals surface area contributed by atoms with Crippen molar-refractivity contribution in [2.45, 2.75) is 40.0 Å². The Hall–Kier alpha value is -4.01. The number of nitrogens with one attached hydrogen (secondary N) is 3. The molecule has 3 N–H and O–H groups in total. The van der Waals surface area contributed by atoms with E-state index in [4.69, 9.17) is 11.3 Å². The van der Waals surface area contributed by atoms with Gasteiger partial charge in [0.05, 0.1) is 13.2 Å². The van der Waals surface area contributed by atoms with E-state index in [0.29, 0.717) is 11.3 Å². The van der Waals surface area contributed by atoms with Gasteiger partial charge in [0.25, 0.3) is 17.1 Å². The van der Waals surface area contributed by atoms with Gasteiger partial charge in [-0.15, -0.1) is 15.3 Å². The Labute approximate surface area is 171 Å². The average molecular weight is 411 g/mol. The predicted octanol–water partition coefficient (Wildman–Crippen LogP) is 3.37. The number of H-pyrrole nitrogens is 2. The molecule has 3 aromatic rings. The Kier molecular flexibility index (Phi) is 5.37. The van der Waals surface area contributed by atoms with Crippen LogP contribution in [0.2, 0.25) is 0 Å². The summed E-state index contributed by atoms with van der Waals surface area (Å²) in [5.74, 6) is 0.0490. The van der Waals surface area contributed by atoms with Crippen molar-refractivity contribution < 1.29 is 9.53 Å². The molecular formula is C18H21N9O3. The van der Waals surface area contributed by atoms with Gasteiger partial charge in [-0.2, -0.15) is 9.61 Å². The first-order valence-corrected chi connectivity index (χ1v) is 9.10. The Morgan fingerprint density at radius 2 is 2.13 bits per heavy atom. The van der Waals surface area contributed by atoms with E-state index in [1.165, 1.54) is 17.5 Å². The number of nitrogens with zero attached hydrogens (tertiary/aromatic N) is 6. The molecule has 30 heavy (non-hydrogen) atoms. The van der Waals surface area contributed by atoms with Gasteiger partial charge in [0, 0.05) is 18.7 Å². The van der Waals surface area contributed by atoms with Crippen molar-refractivity contribution in [3.05, 3.63) is 33.5 Å². The predicted molar refractivity (Wildman–Crippen MR) is 109 cm³/mol. The van der Waals surface area contributed by atoms with Crippen molar-refractivity contribution in [3.8, 4) is 5.88 Å². The fraction of sp³-hybridized carbons (Fsp3) is 0.389. The molecule has 0 unspecified atom stereocenters. The molecular weight excluding hydrogens is 390 g/mol. The van der Waals surface area contributed by atoms with Gasteiger partial charge >= 0.3 is 0 Å². The molecule has 0 aliphatic heterocycles. The lowest BCUT2D eigenvalue weighted by molar-refractivity contribution is -0.114. The van der Waals surface area contributed by atoms with Gasteiger partial charge in [-0.25, -0.2) is 4.85 Å². The summed E-state index contributed by atoms with van der Waals surface area (Å²) < 4.78 is 6.89. The SMILES string of the molecule is [C-]#[N+]c1c(N=Nc2c(OCC)n3nc(NC(C)=O)cc3[nH]c2=O)n[nH]c1C(C)(C)C. The molecule has 156 valence electrons. The molecule has 0 saturated carbocycles. The first kappa shape index (κ1) is 20.7. The van der Waals surface area contributed by atoms with Crippen molar-refractivity contribution in [3.63, 3.8) is 0 Å². The first-order valence-electron chi connectivity index (χ1n) is 9.10. The molecule has 0 bridgehead atoms. The van der Waals surface area contributed by atoms with Crippen LogP contribution in [0, 0.1) is 6.57 Å². The summed E-state index contributed by atoms with van der Waals surface area (Å²) in [7, 11) is 0. The van der Waals surface area contributed by atoms with Gasteiger partial charge in [0.1, 0.15) is 5.65 Å². The number of carbonyl (C=O) groups excluding carboxylic acids is 1. The molecule has 3 heterocycles. The Bertz CT molecular complexity index is 1230. The highest BCUT2D eigenvalue weighted by Crippen LogP contribution is 2.37. The van der Waals surface area contributed by atoms with Crippen LogP contribution >= 0.6 is 0 Å². The smallest absolute Gasteiger partial charge is 0.282 e. The molecule has 0 fully saturated rings. The van der Waals surface area contributed by atoms with Crippen LogP contribution in [0.15, 0.2) is 21.1 Å². The zero-order chi connectivity index (χ0) is 22.1. The van der Waals surface area contributed by atoms with E-state index in [1.807, 2.05) is 20.8 Å². The number of aromatic amines is 2. The molecule has 12 nitrogen and oxygen atoms in total. The molecule has 0 aliphatic carbocycles. The maximum atomic E-state index is 12.6. The number of anilines is 1. The molecule has 3 aromatic heterocycles. The topological polar surface area (TPSA) is 146 Å². The third-order valence-corrected chi connectivity index (χ3v) is 3.97. The van der Waals surface area contributed by atoms with Crippen molar-refractivity contribution in [1.82, 2.24) is 24.8 Å². The lowest BCUT2D eigenvalue weighted by Crippen LogP contribution is -2.12. The van der Waals surface area contributed by atoms with Gasteiger partial charge in [-0.3, -0.25) is 14.7 Å². The van der Waals surface area contributed by atoms with E-state index in [0.717, 1.165) is 0 Å². The van der Waals surface area contributed by atoms with E-state index >= 15 is 0 Å². The van der Waals surface area contributed by atoms with Crippen LogP contribution in [-0.4, -0.2) is 37.3 Å². The molecule has 0 aromatic carbocycles. The Morgan fingerprint density at radius 3 is 2.73 bits per heavy atom. The summed E-state index contributed by atoms with van der Waals surface area (Å²) >= 11 is 0. The zero-order valence-corrected chi connectivity index (χ0v) is 17.2. The van der Waals surface area contributed by atoms with Crippen molar-refractivity contribution in [1.29, 1.82) is 0 Å². The lowest BCUT2D eigenvalue weighted by atomic mass is 9.91. The van der Waals surface area contributed by atoms with Crippen LogP contribution in [0.5, 0.6) is 5.88 Å². The van der Waals surface area contributed by atoms with Gasteiger partial charge in [-0.05, 0) is 12.3 Å². The number of azo groups is 1. The van der Waals surface area contributed by atoms with Gasteiger partial charge in [0.2, 0.25) is 17.4 Å². The second kappa shape index (κ2) is 7.78. The fourth-order valence-electron chi connectivity index (χ4n) is 2.72. The van der Waals surface area contributed by atoms with Gasteiger partial charge in [-0.1, -0.05) is 20.8 Å². The van der Waals surface area contributed by atoms with E-state index in [9.17, 15) is 9.59 Å². The number of rotatable bonds is 5. The normalized spacial score (nSPS) is 11.7. The summed E-state index contributed by atoms with van der Waals surface area (Å²) in [6, 6.07) is 1.49. The van der Waals surface area contributed by atoms with Crippen molar-refractivity contribution >= 4 is 34.6 Å². The van der Waals surface area contributed by atoms with Crippen LogP contribution in [0.3, 0.4) is 0 Å². The first-order chi connectivity index (χ1) is 14.2. The summed E-state index contributed by atoms with van der Waals surface area (Å²) in [5.41, 5.74) is 0.102. The number of carbonyl (C=O) groups is 1. The molecule has 12 heteroatoms. The number of hydrogen-bond acceptors (Lipinski definition) is 7. The van der Waals surface area contributed by atoms with Crippen LogP contribution in [-0.2, 0) is 10.2 Å². The van der Waals surface area contributed by atoms with Gasteiger partial charge in [0.15, 0.2) is 5.82 Å². The highest BCUT2D eigenvalue weighted by Gasteiger charge is 2.24. The van der Waals surface area contributed by atoms with E-state index in [2.05, 4.69) is 40.7 Å². The monoisotopic (exact) mass is 411 g/mol. The summed E-state index contributed by atoms with van der Waals surface area (Å²) in [6.07, 6.45) is 0. The third-order valence-electron chi connectivity index (χ3n) is 3.97. The molecule has 3 rings (SSSR count). The maximum Gasteiger partial charge on any atom is 0.282 e. The maximum absolute atomic E-state index is 12.6. The lowest BCUT2D eigenvalue weighted by Gasteiger charge is -2.16. The van der Waals surface area contributed by atoms with Crippen LogP contribution in [0.25, 0.3) is 10.5 Å². The minimum absolute atomic E-state index is 0.0487. The summed E-state index contributed by atoms with van der Waals surface area (Å²) in [4.78, 5) is 30.0. The van der Waals surface area contributed by atoms with Crippen molar-refractivity contribution in [2.24, 2.45) is 10.2 Å². The van der Waals surface area contributed by atoms with Gasteiger partial charge < -0.3 is 15.0 Å². The standard InChI is InChI=1S/C18H21N9O3/c1-7-30-17-13(16(29)21-11-8-10(20-9(2)28)26-27(11)17)22-24-15-12(19-6)14(23-25-15)18(3,4)5/h8H,7H2,1-5H3,(H,21,29)(H,23,25)(H,20,26,28). The number of aromatic nitrogens is 5. The number of ether oxygens (including phenoxy) is 1. The van der Waals surface area contributed by atoms with E-state index in [-0.39, 0.29) is 46.8 Å². The van der Waals surface area contributed by atoms with E-state index < -0.39 is 5.56 Å². The third kappa shape index (κ3) is 3.90. The second-order valence-corrected chi connectivity index (χ2v) is 7.38.